The number of nitrogens with one attached hydrogen (secondary N) is 1. The zero-order valence-corrected chi connectivity index (χ0v) is 13.6. The summed E-state index contributed by atoms with van der Waals surface area (Å²) in [6.45, 7) is 0. The minimum Gasteiger partial charge on any atom is -0.388 e. The molecular weight excluding hydrogens is 326 g/mol. The van der Waals surface area contributed by atoms with Crippen LogP contribution in [-0.2, 0) is 10.0 Å². The Morgan fingerprint density at radius 1 is 1.29 bits per heavy atom. The second kappa shape index (κ2) is 6.42. The SMILES string of the molecule is CSc1ccc(NS(=O)(=O)c2cccnc2C(N)=S)cc1. The largest absolute Gasteiger partial charge is 0.388 e. The average Bonchev–Trinajstić information content (AvgIpc) is 2.47. The van der Waals surface area contributed by atoms with Crippen LogP contribution in [-0.4, -0.2) is 24.6 Å². The summed E-state index contributed by atoms with van der Waals surface area (Å²) in [6, 6.07) is 9.99. The summed E-state index contributed by atoms with van der Waals surface area (Å²) in [7, 11) is -3.80. The maximum Gasteiger partial charge on any atom is 0.264 e. The lowest BCUT2D eigenvalue weighted by Crippen LogP contribution is -2.21. The molecule has 2 rings (SSSR count). The van der Waals surface area contributed by atoms with Gasteiger partial charge in [-0.3, -0.25) is 9.71 Å². The maximum atomic E-state index is 12.4. The van der Waals surface area contributed by atoms with E-state index in [0.717, 1.165) is 4.90 Å². The Bertz CT molecular complexity index is 758. The molecule has 1 aromatic carbocycles. The fourth-order valence-electron chi connectivity index (χ4n) is 1.66. The molecule has 5 nitrogen and oxygen atoms in total. The standard InChI is InChI=1S/C13H13N3O2S3/c1-20-10-6-4-9(5-7-10)16-21(17,18)11-3-2-8-15-12(11)13(14)19/h2-8,16H,1H3,(H2,14,19). The summed E-state index contributed by atoms with van der Waals surface area (Å²) in [6.07, 6.45) is 3.39. The summed E-state index contributed by atoms with van der Waals surface area (Å²) in [5.41, 5.74) is 6.06. The van der Waals surface area contributed by atoms with Gasteiger partial charge in [-0.25, -0.2) is 8.42 Å². The summed E-state index contributed by atoms with van der Waals surface area (Å²) >= 11 is 6.41. The van der Waals surface area contributed by atoms with Crippen LogP contribution in [0.25, 0.3) is 0 Å². The second-order valence-electron chi connectivity index (χ2n) is 4.05. The van der Waals surface area contributed by atoms with Gasteiger partial charge < -0.3 is 5.73 Å². The van der Waals surface area contributed by atoms with Gasteiger partial charge in [0.15, 0.2) is 0 Å². The molecule has 8 heteroatoms. The molecule has 0 aliphatic carbocycles. The smallest absolute Gasteiger partial charge is 0.264 e. The molecule has 2 aromatic rings. The number of thioether (sulfide) groups is 1. The Morgan fingerprint density at radius 2 is 1.95 bits per heavy atom. The van der Waals surface area contributed by atoms with Gasteiger partial charge in [-0.2, -0.15) is 0 Å². The molecular formula is C13H13N3O2S3. The number of nitrogens with two attached hydrogens (primary N) is 1. The molecule has 0 saturated heterocycles. The molecule has 0 amide bonds. The van der Waals surface area contributed by atoms with Crippen molar-refractivity contribution in [3.8, 4) is 0 Å². The first-order chi connectivity index (χ1) is 9.94. The average molecular weight is 339 g/mol. The van der Waals surface area contributed by atoms with Crippen LogP contribution in [0.4, 0.5) is 5.69 Å². The van der Waals surface area contributed by atoms with E-state index in [0.29, 0.717) is 5.69 Å². The number of pyridine rings is 1. The lowest BCUT2D eigenvalue weighted by atomic mass is 10.3. The van der Waals surface area contributed by atoms with Crippen molar-refractivity contribution in [1.82, 2.24) is 4.98 Å². The first-order valence-electron chi connectivity index (χ1n) is 5.86. The highest BCUT2D eigenvalue weighted by molar-refractivity contribution is 7.98. The third-order valence-corrected chi connectivity index (χ3v) is 4.99. The van der Waals surface area contributed by atoms with E-state index in [9.17, 15) is 8.42 Å². The van der Waals surface area contributed by atoms with Gasteiger partial charge >= 0.3 is 0 Å². The minimum absolute atomic E-state index is 0.0357. The van der Waals surface area contributed by atoms with Gasteiger partial charge in [-0.05, 0) is 42.7 Å². The number of aromatic nitrogens is 1. The zero-order chi connectivity index (χ0) is 15.5. The van der Waals surface area contributed by atoms with E-state index in [1.807, 2.05) is 18.4 Å². The van der Waals surface area contributed by atoms with Gasteiger partial charge in [-0.15, -0.1) is 11.8 Å². The van der Waals surface area contributed by atoms with Gasteiger partial charge in [0.25, 0.3) is 10.0 Å². The molecule has 1 heterocycles. The number of hydrogen-bond donors (Lipinski definition) is 2. The van der Waals surface area contributed by atoms with Crippen LogP contribution in [0.2, 0.25) is 0 Å². The van der Waals surface area contributed by atoms with Crippen LogP contribution in [0.3, 0.4) is 0 Å². The van der Waals surface area contributed by atoms with Crippen molar-refractivity contribution >= 4 is 44.7 Å². The highest BCUT2D eigenvalue weighted by atomic mass is 32.2. The van der Waals surface area contributed by atoms with Gasteiger partial charge in [0.2, 0.25) is 0 Å². The molecule has 110 valence electrons. The molecule has 0 fully saturated rings. The van der Waals surface area contributed by atoms with Gasteiger partial charge in [0, 0.05) is 16.8 Å². The van der Waals surface area contributed by atoms with E-state index in [4.69, 9.17) is 18.0 Å². The third-order valence-electron chi connectivity index (χ3n) is 2.64. The minimum atomic E-state index is -3.80. The second-order valence-corrected chi connectivity index (χ2v) is 7.02. The molecule has 0 radical (unpaired) electrons. The Labute approximate surface area is 133 Å². The molecule has 3 N–H and O–H groups in total. The summed E-state index contributed by atoms with van der Waals surface area (Å²) in [5, 5.41) is 0. The van der Waals surface area contributed by atoms with Crippen LogP contribution >= 0.6 is 24.0 Å². The number of hydrogen-bond acceptors (Lipinski definition) is 5. The first-order valence-corrected chi connectivity index (χ1v) is 8.97. The van der Waals surface area contributed by atoms with Crippen molar-refractivity contribution in [2.24, 2.45) is 5.73 Å². The quantitative estimate of drug-likeness (QED) is 0.642. The number of nitrogens with zero attached hydrogens (tertiary/aromatic N) is 1. The number of anilines is 1. The monoisotopic (exact) mass is 339 g/mol. The van der Waals surface area contributed by atoms with E-state index in [2.05, 4.69) is 9.71 Å². The van der Waals surface area contributed by atoms with Gasteiger partial charge in [0.1, 0.15) is 15.6 Å². The molecule has 0 aliphatic heterocycles. The van der Waals surface area contributed by atoms with Crippen molar-refractivity contribution < 1.29 is 8.42 Å². The fraction of sp³-hybridized carbons (Fsp3) is 0.0769. The molecule has 21 heavy (non-hydrogen) atoms. The van der Waals surface area contributed by atoms with Crippen molar-refractivity contribution in [3.05, 3.63) is 48.3 Å². The van der Waals surface area contributed by atoms with E-state index in [-0.39, 0.29) is 15.6 Å². The van der Waals surface area contributed by atoms with Crippen LogP contribution in [0.1, 0.15) is 5.69 Å². The maximum absolute atomic E-state index is 12.4. The summed E-state index contributed by atoms with van der Waals surface area (Å²) in [5.74, 6) is 0. The molecule has 0 bridgehead atoms. The van der Waals surface area contributed by atoms with E-state index in [1.54, 1.807) is 23.9 Å². The lowest BCUT2D eigenvalue weighted by Gasteiger charge is -2.11. The molecule has 0 unspecified atom stereocenters. The highest BCUT2D eigenvalue weighted by Crippen LogP contribution is 2.21. The Hall–Kier alpha value is -1.64. The zero-order valence-electron chi connectivity index (χ0n) is 11.1. The van der Waals surface area contributed by atoms with Crippen LogP contribution in [0.5, 0.6) is 0 Å². The van der Waals surface area contributed by atoms with Crippen molar-refractivity contribution in [2.45, 2.75) is 9.79 Å². The predicted molar refractivity (Wildman–Crippen MR) is 89.2 cm³/mol. The molecule has 0 atom stereocenters. The normalized spacial score (nSPS) is 11.1. The van der Waals surface area contributed by atoms with E-state index in [1.165, 1.54) is 18.3 Å². The summed E-state index contributed by atoms with van der Waals surface area (Å²) < 4.78 is 27.3. The Morgan fingerprint density at radius 3 is 2.52 bits per heavy atom. The fourth-order valence-corrected chi connectivity index (χ4v) is 3.53. The van der Waals surface area contributed by atoms with Gasteiger partial charge in [-0.1, -0.05) is 12.2 Å². The van der Waals surface area contributed by atoms with Crippen LogP contribution in [0.15, 0.2) is 52.4 Å². The van der Waals surface area contributed by atoms with Crippen LogP contribution in [0, 0.1) is 0 Å². The molecule has 0 spiro atoms. The van der Waals surface area contributed by atoms with E-state index < -0.39 is 10.0 Å². The first kappa shape index (κ1) is 15.7. The Kier molecular flexibility index (Phi) is 4.81. The van der Waals surface area contributed by atoms with Crippen molar-refractivity contribution in [1.29, 1.82) is 0 Å². The summed E-state index contributed by atoms with van der Waals surface area (Å²) in [4.78, 5) is 4.87. The molecule has 0 saturated carbocycles. The lowest BCUT2D eigenvalue weighted by molar-refractivity contribution is 0.600. The Balaban J connectivity index is 2.36. The number of benzene rings is 1. The number of sulfonamides is 1. The number of rotatable bonds is 5. The van der Waals surface area contributed by atoms with Crippen molar-refractivity contribution in [3.63, 3.8) is 0 Å². The molecule has 0 aliphatic rings. The topological polar surface area (TPSA) is 85.1 Å². The predicted octanol–water partition coefficient (Wildman–Crippen LogP) is 2.24. The van der Waals surface area contributed by atoms with Crippen molar-refractivity contribution in [2.75, 3.05) is 11.0 Å². The van der Waals surface area contributed by atoms with E-state index >= 15 is 0 Å². The van der Waals surface area contributed by atoms with Gasteiger partial charge in [0.05, 0.1) is 0 Å². The van der Waals surface area contributed by atoms with Crippen LogP contribution < -0.4 is 10.5 Å². The highest BCUT2D eigenvalue weighted by Gasteiger charge is 2.20. The number of thiocarbonyl (C=S) groups is 1. The third kappa shape index (κ3) is 3.72. The molecule has 1 aromatic heterocycles.